The van der Waals surface area contributed by atoms with Crippen molar-refractivity contribution in [1.82, 2.24) is 19.5 Å². The fraction of sp³-hybridized carbons (Fsp3) is 0.0392. The van der Waals surface area contributed by atoms with Gasteiger partial charge in [-0.3, -0.25) is 0 Å². The topological polar surface area (TPSA) is 43.6 Å². The first-order valence-corrected chi connectivity index (χ1v) is 21.0. The van der Waals surface area contributed by atoms with Crippen molar-refractivity contribution in [2.45, 2.75) is 12.8 Å². The highest BCUT2D eigenvalue weighted by molar-refractivity contribution is 7.27. The van der Waals surface area contributed by atoms with E-state index in [4.69, 9.17) is 15.0 Å². The molecule has 0 N–H and O–H groups in total. The zero-order chi connectivity index (χ0) is 37.5. The van der Waals surface area contributed by atoms with Gasteiger partial charge in [0.1, 0.15) is 0 Å². The Balaban J connectivity index is 1.20. The monoisotopic (exact) mass is 764 g/mol. The van der Waals surface area contributed by atoms with Crippen molar-refractivity contribution >= 4 is 80.8 Å². The highest BCUT2D eigenvalue weighted by Gasteiger charge is 2.24. The summed E-state index contributed by atoms with van der Waals surface area (Å²) in [5, 5.41) is 6.45. The van der Waals surface area contributed by atoms with E-state index in [-0.39, 0.29) is 0 Å². The molecule has 0 radical (unpaired) electrons. The molecule has 0 atom stereocenters. The molecule has 0 bridgehead atoms. The molecule has 0 amide bonds. The molecule has 0 saturated carbocycles. The molecule has 0 spiro atoms. The first kappa shape index (κ1) is 32.5. The van der Waals surface area contributed by atoms with Gasteiger partial charge in [-0.15, -0.1) is 22.7 Å². The maximum Gasteiger partial charge on any atom is 0.165 e. The number of aryl methyl sites for hydroxylation is 1. The molecule has 12 rings (SSSR count). The SMILES string of the molecule is C1=Cc2sc3ccc4sc5c(-c6nc(-c7ccccc7)nc(-c7ccccc7)n6)cc(-c6ccccc6-n6c7ccccc7c7ccccc76)cc5c4c3c2CC1. The number of hydrogen-bond donors (Lipinski definition) is 0. The first-order valence-electron chi connectivity index (χ1n) is 19.3. The van der Waals surface area contributed by atoms with Gasteiger partial charge >= 0.3 is 0 Å². The van der Waals surface area contributed by atoms with Gasteiger partial charge in [0.15, 0.2) is 17.5 Å². The lowest BCUT2D eigenvalue weighted by Gasteiger charge is -2.16. The van der Waals surface area contributed by atoms with Gasteiger partial charge in [-0.05, 0) is 72.5 Å². The second-order valence-corrected chi connectivity index (χ2v) is 16.8. The van der Waals surface area contributed by atoms with E-state index in [1.165, 1.54) is 62.5 Å². The summed E-state index contributed by atoms with van der Waals surface area (Å²) in [6.45, 7) is 0. The van der Waals surface area contributed by atoms with Crippen LogP contribution in [-0.4, -0.2) is 19.5 Å². The summed E-state index contributed by atoms with van der Waals surface area (Å²) >= 11 is 3.76. The molecule has 0 saturated heterocycles. The summed E-state index contributed by atoms with van der Waals surface area (Å²) in [5.74, 6) is 1.98. The van der Waals surface area contributed by atoms with Crippen molar-refractivity contribution in [3.05, 3.63) is 174 Å². The fourth-order valence-electron chi connectivity index (χ4n) is 8.79. The summed E-state index contributed by atoms with van der Waals surface area (Å²) in [5.41, 5.74) is 10.2. The number of thiophene rings is 2. The average molecular weight is 765 g/mol. The van der Waals surface area contributed by atoms with Crippen LogP contribution in [0.4, 0.5) is 0 Å². The molecule has 57 heavy (non-hydrogen) atoms. The number of para-hydroxylation sites is 3. The van der Waals surface area contributed by atoms with Crippen LogP contribution in [-0.2, 0) is 6.42 Å². The van der Waals surface area contributed by atoms with E-state index >= 15 is 0 Å². The Labute approximate surface area is 336 Å². The van der Waals surface area contributed by atoms with Crippen molar-refractivity contribution in [3.63, 3.8) is 0 Å². The van der Waals surface area contributed by atoms with Crippen LogP contribution in [0.25, 0.3) is 109 Å². The van der Waals surface area contributed by atoms with E-state index in [9.17, 15) is 0 Å². The second-order valence-electron chi connectivity index (χ2n) is 14.6. The molecule has 268 valence electrons. The number of nitrogens with zero attached hydrogens (tertiary/aromatic N) is 4. The van der Waals surface area contributed by atoms with Gasteiger partial charge in [0, 0.05) is 68.2 Å². The Bertz CT molecular complexity index is 3300. The largest absolute Gasteiger partial charge is 0.309 e. The van der Waals surface area contributed by atoms with Crippen LogP contribution in [0.15, 0.2) is 164 Å². The van der Waals surface area contributed by atoms with E-state index in [2.05, 4.69) is 138 Å². The van der Waals surface area contributed by atoms with Crippen LogP contribution in [0.3, 0.4) is 0 Å². The van der Waals surface area contributed by atoms with Crippen molar-refractivity contribution < 1.29 is 0 Å². The van der Waals surface area contributed by atoms with Crippen LogP contribution in [0.2, 0.25) is 0 Å². The summed E-state index contributed by atoms with van der Waals surface area (Å²) in [6, 6.07) is 56.2. The minimum absolute atomic E-state index is 0.658. The highest BCUT2D eigenvalue weighted by Crippen LogP contribution is 2.49. The molecule has 0 fully saturated rings. The molecule has 4 aromatic heterocycles. The van der Waals surface area contributed by atoms with Crippen molar-refractivity contribution in [1.29, 1.82) is 0 Å². The first-order chi connectivity index (χ1) is 28.3. The lowest BCUT2D eigenvalue weighted by molar-refractivity contribution is 1.01. The van der Waals surface area contributed by atoms with Crippen LogP contribution in [0.1, 0.15) is 16.9 Å². The smallest absolute Gasteiger partial charge is 0.165 e. The molecule has 0 unspecified atom stereocenters. The van der Waals surface area contributed by atoms with Gasteiger partial charge in [-0.25, -0.2) is 15.0 Å². The maximum atomic E-state index is 5.30. The predicted molar refractivity (Wildman–Crippen MR) is 242 cm³/mol. The van der Waals surface area contributed by atoms with Crippen LogP contribution in [0.5, 0.6) is 0 Å². The van der Waals surface area contributed by atoms with Crippen LogP contribution >= 0.6 is 22.7 Å². The highest BCUT2D eigenvalue weighted by atomic mass is 32.1. The Morgan fingerprint density at radius 3 is 1.77 bits per heavy atom. The number of benzene rings is 7. The molecule has 1 aliphatic carbocycles. The normalized spacial score (nSPS) is 12.7. The van der Waals surface area contributed by atoms with E-state index in [1.54, 1.807) is 0 Å². The van der Waals surface area contributed by atoms with E-state index in [0.29, 0.717) is 17.5 Å². The zero-order valence-corrected chi connectivity index (χ0v) is 32.3. The number of hydrogen-bond acceptors (Lipinski definition) is 5. The molecule has 6 heteroatoms. The summed E-state index contributed by atoms with van der Waals surface area (Å²) < 4.78 is 6.24. The molecule has 4 heterocycles. The number of rotatable bonds is 5. The third-order valence-electron chi connectivity index (χ3n) is 11.3. The lowest BCUT2D eigenvalue weighted by Crippen LogP contribution is -2.01. The molecular weight excluding hydrogens is 733 g/mol. The average Bonchev–Trinajstić information content (AvgIpc) is 3.96. The zero-order valence-electron chi connectivity index (χ0n) is 30.7. The van der Waals surface area contributed by atoms with Crippen LogP contribution in [0, 0.1) is 0 Å². The van der Waals surface area contributed by atoms with E-state index < -0.39 is 0 Å². The van der Waals surface area contributed by atoms with E-state index in [0.717, 1.165) is 46.3 Å². The Kier molecular flexibility index (Phi) is 7.37. The quantitative estimate of drug-likeness (QED) is 0.175. The predicted octanol–water partition coefficient (Wildman–Crippen LogP) is 14.2. The number of allylic oxidation sites excluding steroid dienone is 1. The molecule has 11 aromatic rings. The van der Waals surface area contributed by atoms with Gasteiger partial charge in [0.25, 0.3) is 0 Å². The van der Waals surface area contributed by atoms with Gasteiger partial charge in [0.05, 0.1) is 16.7 Å². The molecule has 4 nitrogen and oxygen atoms in total. The van der Waals surface area contributed by atoms with Crippen molar-refractivity contribution in [2.24, 2.45) is 0 Å². The van der Waals surface area contributed by atoms with Crippen molar-refractivity contribution in [2.75, 3.05) is 0 Å². The summed E-state index contributed by atoms with van der Waals surface area (Å²) in [6.07, 6.45) is 6.76. The number of aromatic nitrogens is 4. The second kappa shape index (κ2) is 12.9. The summed E-state index contributed by atoms with van der Waals surface area (Å²) in [4.78, 5) is 17.1. The third kappa shape index (κ3) is 5.15. The van der Waals surface area contributed by atoms with E-state index in [1.807, 2.05) is 59.1 Å². The molecule has 7 aromatic carbocycles. The lowest BCUT2D eigenvalue weighted by atomic mass is 9.94. The maximum absolute atomic E-state index is 5.30. The Hall–Kier alpha value is -6.73. The van der Waals surface area contributed by atoms with Gasteiger partial charge in [-0.2, -0.15) is 0 Å². The minimum Gasteiger partial charge on any atom is -0.309 e. The fourth-order valence-corrected chi connectivity index (χ4v) is 11.2. The summed E-state index contributed by atoms with van der Waals surface area (Å²) in [7, 11) is 0. The molecule has 1 aliphatic rings. The molecular formula is C51H32N4S2. The molecule has 0 aliphatic heterocycles. The minimum atomic E-state index is 0.658. The van der Waals surface area contributed by atoms with Crippen molar-refractivity contribution in [3.8, 4) is 51.0 Å². The van der Waals surface area contributed by atoms with Gasteiger partial charge in [-0.1, -0.05) is 121 Å². The Morgan fingerprint density at radius 1 is 0.474 bits per heavy atom. The standard InChI is InChI=1S/C51H32N4S2/c1-3-15-31(16-4-1)49-52-50(32-17-5-2-6-18-32)54-51(53-49)39-30-33(29-38-47-45(57-48(38)39)28-27-44-46(47)37-22-10-14-26-43(37)56-44)34-19-7-11-23-40(34)55-41-24-12-8-20-35(41)36-21-9-13-25-42(36)55/h1-9,11-21,23-30H,10,22H2. The number of fused-ring (bicyclic) bond motifs is 10. The van der Waals surface area contributed by atoms with Gasteiger partial charge < -0.3 is 4.57 Å². The Morgan fingerprint density at radius 2 is 1.07 bits per heavy atom. The third-order valence-corrected chi connectivity index (χ3v) is 13.7. The van der Waals surface area contributed by atoms with Crippen LogP contribution < -0.4 is 0 Å². The van der Waals surface area contributed by atoms with Gasteiger partial charge in [0.2, 0.25) is 0 Å².